The molecule has 0 aliphatic rings. The van der Waals surface area contributed by atoms with Crippen LogP contribution in [0.25, 0.3) is 11.3 Å². The Morgan fingerprint density at radius 3 is 2.40 bits per heavy atom. The third kappa shape index (κ3) is 4.61. The van der Waals surface area contributed by atoms with Gasteiger partial charge in [0.2, 0.25) is 0 Å². The van der Waals surface area contributed by atoms with Gasteiger partial charge in [-0.1, -0.05) is 12.1 Å². The molecule has 0 atom stereocenters. The summed E-state index contributed by atoms with van der Waals surface area (Å²) < 4.78 is 76.4. The highest BCUT2D eigenvalue weighted by atomic mass is 79.9. The molecule has 1 heterocycles. The van der Waals surface area contributed by atoms with E-state index in [4.69, 9.17) is 14.9 Å². The predicted octanol–water partition coefficient (Wildman–Crippen LogP) is 5.12. The minimum absolute atomic E-state index is 0.0575. The number of carbonyl (C=O) groups excluding carboxylic acids is 1. The van der Waals surface area contributed by atoms with Crippen molar-refractivity contribution in [2.45, 2.75) is 12.6 Å². The molecule has 5 nitrogen and oxygen atoms in total. The van der Waals surface area contributed by atoms with Gasteiger partial charge >= 0.3 is 6.18 Å². The lowest BCUT2D eigenvalue weighted by atomic mass is 10.1. The zero-order valence-corrected chi connectivity index (χ0v) is 16.5. The van der Waals surface area contributed by atoms with E-state index >= 15 is 0 Å². The molecule has 1 aromatic heterocycles. The maximum Gasteiger partial charge on any atom is 0.416 e. The molecule has 0 saturated heterocycles. The van der Waals surface area contributed by atoms with Gasteiger partial charge in [-0.15, -0.1) is 0 Å². The van der Waals surface area contributed by atoms with Crippen LogP contribution in [0, 0.1) is 11.6 Å². The molecule has 0 bridgehead atoms. The average molecular weight is 491 g/mol. The van der Waals surface area contributed by atoms with Crippen molar-refractivity contribution in [3.8, 4) is 17.0 Å². The number of amides is 1. The van der Waals surface area contributed by atoms with E-state index in [1.807, 2.05) is 0 Å². The molecular weight excluding hydrogens is 479 g/mol. The predicted molar refractivity (Wildman–Crippen MR) is 98.7 cm³/mol. The number of oxazole rings is 1. The van der Waals surface area contributed by atoms with E-state index in [1.165, 1.54) is 12.1 Å². The SMILES string of the molecule is NC(=O)c1c(F)ccc(OCCc2nc(-c3ccc(C(F)(F)F)cc3)c(Br)o2)c1F. The summed E-state index contributed by atoms with van der Waals surface area (Å²) in [5.74, 6) is -3.81. The Bertz CT molecular complexity index is 1080. The van der Waals surface area contributed by atoms with E-state index in [9.17, 15) is 26.7 Å². The number of ether oxygens (including phenoxy) is 1. The Hall–Kier alpha value is -2.95. The first kappa shape index (κ1) is 21.8. The van der Waals surface area contributed by atoms with Crippen LogP contribution in [0.3, 0.4) is 0 Å². The fourth-order valence-corrected chi connectivity index (χ4v) is 3.07. The van der Waals surface area contributed by atoms with Crippen molar-refractivity contribution < 1.29 is 35.9 Å². The molecule has 0 saturated carbocycles. The average Bonchev–Trinajstić information content (AvgIpc) is 3.03. The Balaban J connectivity index is 1.70. The fraction of sp³-hybridized carbons (Fsp3) is 0.158. The van der Waals surface area contributed by atoms with Crippen molar-refractivity contribution in [3.63, 3.8) is 0 Å². The summed E-state index contributed by atoms with van der Waals surface area (Å²) in [7, 11) is 0. The summed E-state index contributed by atoms with van der Waals surface area (Å²) in [6, 6.07) is 6.22. The van der Waals surface area contributed by atoms with Crippen LogP contribution in [0.5, 0.6) is 5.75 Å². The molecule has 30 heavy (non-hydrogen) atoms. The number of carbonyl (C=O) groups is 1. The standard InChI is InChI=1S/C19H12BrF5N2O3/c20-17-16(9-1-3-10(4-2-9)19(23,24)25)27-13(30-17)7-8-29-12-6-5-11(21)14(15(12)22)18(26)28/h1-6H,7-8H2,(H2,26,28). The highest BCUT2D eigenvalue weighted by Crippen LogP contribution is 2.33. The lowest BCUT2D eigenvalue weighted by molar-refractivity contribution is -0.137. The Morgan fingerprint density at radius 1 is 1.13 bits per heavy atom. The molecule has 3 aromatic rings. The van der Waals surface area contributed by atoms with Gasteiger partial charge in [-0.25, -0.2) is 13.8 Å². The second kappa shape index (κ2) is 8.42. The minimum atomic E-state index is -4.45. The normalized spacial score (nSPS) is 11.5. The molecule has 158 valence electrons. The number of nitrogens with two attached hydrogens (primary N) is 1. The molecule has 2 N–H and O–H groups in total. The van der Waals surface area contributed by atoms with E-state index in [2.05, 4.69) is 20.9 Å². The van der Waals surface area contributed by atoms with Gasteiger partial charge in [-0.2, -0.15) is 13.2 Å². The van der Waals surface area contributed by atoms with Crippen LogP contribution in [-0.2, 0) is 12.6 Å². The molecule has 1 amide bonds. The fourth-order valence-electron chi connectivity index (χ4n) is 2.56. The number of hydrogen-bond donors (Lipinski definition) is 1. The van der Waals surface area contributed by atoms with Crippen molar-refractivity contribution in [3.05, 3.63) is 69.7 Å². The third-order valence-electron chi connectivity index (χ3n) is 3.99. The van der Waals surface area contributed by atoms with Crippen molar-refractivity contribution in [1.29, 1.82) is 0 Å². The number of nitrogens with zero attached hydrogens (tertiary/aromatic N) is 1. The van der Waals surface area contributed by atoms with E-state index in [1.54, 1.807) is 0 Å². The van der Waals surface area contributed by atoms with Crippen molar-refractivity contribution in [2.75, 3.05) is 6.61 Å². The number of aromatic nitrogens is 1. The lowest BCUT2D eigenvalue weighted by Gasteiger charge is -2.08. The maximum absolute atomic E-state index is 14.1. The zero-order valence-electron chi connectivity index (χ0n) is 14.9. The van der Waals surface area contributed by atoms with Gasteiger partial charge in [-0.3, -0.25) is 4.79 Å². The number of benzene rings is 2. The first-order valence-electron chi connectivity index (χ1n) is 8.31. The van der Waals surface area contributed by atoms with Crippen LogP contribution in [-0.4, -0.2) is 17.5 Å². The second-order valence-corrected chi connectivity index (χ2v) is 6.72. The molecule has 0 unspecified atom stereocenters. The molecule has 0 radical (unpaired) electrons. The Kier molecular flexibility index (Phi) is 6.11. The van der Waals surface area contributed by atoms with Crippen molar-refractivity contribution in [1.82, 2.24) is 4.98 Å². The van der Waals surface area contributed by atoms with Crippen molar-refractivity contribution in [2.24, 2.45) is 5.73 Å². The summed E-state index contributed by atoms with van der Waals surface area (Å²) in [5.41, 5.74) is 3.91. The van der Waals surface area contributed by atoms with Crippen molar-refractivity contribution >= 4 is 21.8 Å². The van der Waals surface area contributed by atoms with Crippen LogP contribution in [0.4, 0.5) is 22.0 Å². The second-order valence-electron chi connectivity index (χ2n) is 6.00. The molecule has 0 aliphatic heterocycles. The van der Waals surface area contributed by atoms with E-state index in [0.29, 0.717) is 5.56 Å². The van der Waals surface area contributed by atoms with Gasteiger partial charge < -0.3 is 14.9 Å². The van der Waals surface area contributed by atoms with Crippen LogP contribution in [0.1, 0.15) is 21.8 Å². The number of hydrogen-bond acceptors (Lipinski definition) is 4. The first-order valence-corrected chi connectivity index (χ1v) is 9.10. The Labute approximate surface area is 174 Å². The molecule has 3 rings (SSSR count). The minimum Gasteiger partial charge on any atom is -0.490 e. The van der Waals surface area contributed by atoms with Crippen LogP contribution in [0.2, 0.25) is 0 Å². The van der Waals surface area contributed by atoms with Gasteiger partial charge in [0.1, 0.15) is 17.1 Å². The largest absolute Gasteiger partial charge is 0.490 e. The van der Waals surface area contributed by atoms with Crippen LogP contribution >= 0.6 is 15.9 Å². The van der Waals surface area contributed by atoms with E-state index in [0.717, 1.165) is 24.3 Å². The molecule has 0 fully saturated rings. The summed E-state index contributed by atoms with van der Waals surface area (Å²) >= 11 is 3.15. The van der Waals surface area contributed by atoms with Crippen LogP contribution < -0.4 is 10.5 Å². The maximum atomic E-state index is 14.1. The van der Waals surface area contributed by atoms with E-state index < -0.39 is 34.8 Å². The van der Waals surface area contributed by atoms with Gasteiger partial charge in [0.05, 0.1) is 18.6 Å². The first-order chi connectivity index (χ1) is 14.1. The van der Waals surface area contributed by atoms with Gasteiger partial charge in [0.25, 0.3) is 5.91 Å². The molecular formula is C19H12BrF5N2O3. The number of primary amides is 1. The topological polar surface area (TPSA) is 78.4 Å². The van der Waals surface area contributed by atoms with Gasteiger partial charge in [-0.05, 0) is 40.2 Å². The van der Waals surface area contributed by atoms with E-state index in [-0.39, 0.29) is 35.0 Å². The summed E-state index contributed by atoms with van der Waals surface area (Å²) in [6.07, 6.45) is -4.39. The van der Waals surface area contributed by atoms with Gasteiger partial charge in [0, 0.05) is 5.56 Å². The number of rotatable bonds is 6. The number of alkyl halides is 3. The highest BCUT2D eigenvalue weighted by molar-refractivity contribution is 9.10. The van der Waals surface area contributed by atoms with Crippen LogP contribution in [0.15, 0.2) is 45.5 Å². The highest BCUT2D eigenvalue weighted by Gasteiger charge is 2.30. The lowest BCUT2D eigenvalue weighted by Crippen LogP contribution is -2.16. The molecule has 2 aromatic carbocycles. The molecule has 0 aliphatic carbocycles. The Morgan fingerprint density at radius 2 is 1.80 bits per heavy atom. The smallest absolute Gasteiger partial charge is 0.416 e. The molecule has 11 heteroatoms. The third-order valence-corrected chi connectivity index (χ3v) is 4.53. The monoisotopic (exact) mass is 490 g/mol. The number of halogens is 6. The zero-order chi connectivity index (χ0) is 22.1. The summed E-state index contributed by atoms with van der Waals surface area (Å²) in [6.45, 7) is -0.139. The molecule has 0 spiro atoms. The quantitative estimate of drug-likeness (QED) is 0.486. The summed E-state index contributed by atoms with van der Waals surface area (Å²) in [4.78, 5) is 15.3. The van der Waals surface area contributed by atoms with Gasteiger partial charge in [0.15, 0.2) is 22.1 Å². The summed E-state index contributed by atoms with van der Waals surface area (Å²) in [5, 5.41) is 0.